The SMILES string of the molecule is O=C1[C@H]2C=C[C@@H]1[C@H](CO)C2. The molecule has 0 heterocycles. The summed E-state index contributed by atoms with van der Waals surface area (Å²) in [7, 11) is 0. The van der Waals surface area contributed by atoms with Gasteiger partial charge in [0.05, 0.1) is 0 Å². The third kappa shape index (κ3) is 0.598. The van der Waals surface area contributed by atoms with Crippen molar-refractivity contribution in [2.75, 3.05) is 6.61 Å². The second-order valence-corrected chi connectivity index (χ2v) is 3.10. The lowest BCUT2D eigenvalue weighted by atomic mass is 9.95. The van der Waals surface area contributed by atoms with E-state index in [0.29, 0.717) is 5.78 Å². The number of allylic oxidation sites excluding steroid dienone is 2. The van der Waals surface area contributed by atoms with Crippen molar-refractivity contribution in [3.63, 3.8) is 0 Å². The summed E-state index contributed by atoms with van der Waals surface area (Å²) in [6.07, 6.45) is 4.78. The molecule has 2 heteroatoms. The van der Waals surface area contributed by atoms with Gasteiger partial charge in [-0.1, -0.05) is 12.2 Å². The Morgan fingerprint density at radius 1 is 1.60 bits per heavy atom. The molecule has 2 rings (SSSR count). The average molecular weight is 138 g/mol. The van der Waals surface area contributed by atoms with Crippen LogP contribution in [-0.4, -0.2) is 17.5 Å². The first-order valence-corrected chi connectivity index (χ1v) is 3.66. The lowest BCUT2D eigenvalue weighted by Gasteiger charge is -2.11. The normalized spacial score (nSPS) is 43.3. The fourth-order valence-corrected chi connectivity index (χ4v) is 1.94. The van der Waals surface area contributed by atoms with E-state index >= 15 is 0 Å². The molecule has 2 aliphatic carbocycles. The van der Waals surface area contributed by atoms with Gasteiger partial charge in [-0.3, -0.25) is 4.79 Å². The van der Waals surface area contributed by atoms with Crippen molar-refractivity contribution in [1.29, 1.82) is 0 Å². The Hall–Kier alpha value is -0.630. The number of Topliss-reactive ketones (excluding diaryl/α,β-unsaturated/α-hetero) is 1. The molecule has 1 fully saturated rings. The van der Waals surface area contributed by atoms with Gasteiger partial charge in [-0.25, -0.2) is 0 Å². The van der Waals surface area contributed by atoms with Gasteiger partial charge in [-0.2, -0.15) is 0 Å². The van der Waals surface area contributed by atoms with Gasteiger partial charge >= 0.3 is 0 Å². The molecule has 2 bridgehead atoms. The molecule has 0 amide bonds. The van der Waals surface area contributed by atoms with Crippen molar-refractivity contribution in [3.05, 3.63) is 12.2 Å². The molecule has 3 atom stereocenters. The van der Waals surface area contributed by atoms with Crippen LogP contribution in [0.3, 0.4) is 0 Å². The van der Waals surface area contributed by atoms with Crippen molar-refractivity contribution in [2.45, 2.75) is 6.42 Å². The van der Waals surface area contributed by atoms with Crippen LogP contribution in [0.15, 0.2) is 12.2 Å². The highest BCUT2D eigenvalue weighted by molar-refractivity contribution is 5.91. The van der Waals surface area contributed by atoms with E-state index in [1.807, 2.05) is 12.2 Å². The van der Waals surface area contributed by atoms with Crippen LogP contribution in [0.5, 0.6) is 0 Å². The van der Waals surface area contributed by atoms with E-state index in [-0.39, 0.29) is 24.4 Å². The Balaban J connectivity index is 2.23. The van der Waals surface area contributed by atoms with Gasteiger partial charge < -0.3 is 5.11 Å². The van der Waals surface area contributed by atoms with Crippen LogP contribution in [-0.2, 0) is 4.79 Å². The molecule has 1 N–H and O–H groups in total. The van der Waals surface area contributed by atoms with Crippen LogP contribution in [0.4, 0.5) is 0 Å². The smallest absolute Gasteiger partial charge is 0.146 e. The topological polar surface area (TPSA) is 37.3 Å². The molecule has 0 unspecified atom stereocenters. The van der Waals surface area contributed by atoms with Gasteiger partial charge in [-0.15, -0.1) is 0 Å². The second kappa shape index (κ2) is 1.92. The number of hydrogen-bond donors (Lipinski definition) is 1. The summed E-state index contributed by atoms with van der Waals surface area (Å²) in [5, 5.41) is 8.82. The summed E-state index contributed by atoms with van der Waals surface area (Å²) >= 11 is 0. The highest BCUT2D eigenvalue weighted by atomic mass is 16.3. The predicted octanol–water partition coefficient (Wildman–Crippen LogP) is 0.370. The van der Waals surface area contributed by atoms with Crippen molar-refractivity contribution >= 4 is 5.78 Å². The number of rotatable bonds is 1. The summed E-state index contributed by atoms with van der Waals surface area (Å²) in [5.41, 5.74) is 0. The lowest BCUT2D eigenvalue weighted by Crippen LogP contribution is -2.13. The van der Waals surface area contributed by atoms with Gasteiger partial charge in [-0.05, 0) is 12.3 Å². The number of aliphatic hydroxyl groups excluding tert-OH is 1. The summed E-state index contributed by atoms with van der Waals surface area (Å²) in [4.78, 5) is 11.2. The number of carbonyl (C=O) groups excluding carboxylic acids is 1. The van der Waals surface area contributed by atoms with E-state index in [4.69, 9.17) is 5.11 Å². The summed E-state index contributed by atoms with van der Waals surface area (Å²) < 4.78 is 0. The molecular weight excluding hydrogens is 128 g/mol. The van der Waals surface area contributed by atoms with Crippen molar-refractivity contribution in [1.82, 2.24) is 0 Å². The predicted molar refractivity (Wildman–Crippen MR) is 36.3 cm³/mol. The molecular formula is C8H10O2. The summed E-state index contributed by atoms with van der Waals surface area (Å²) in [6, 6.07) is 0. The van der Waals surface area contributed by atoms with Gasteiger partial charge in [0.25, 0.3) is 0 Å². The lowest BCUT2D eigenvalue weighted by molar-refractivity contribution is -0.121. The van der Waals surface area contributed by atoms with E-state index in [9.17, 15) is 4.79 Å². The molecule has 1 saturated carbocycles. The standard InChI is InChI=1S/C8H10O2/c9-4-6-3-5-1-2-7(6)8(5)10/h1-2,5-7,9H,3-4H2/t5-,6-,7+/m0/s1. The molecule has 54 valence electrons. The fourth-order valence-electron chi connectivity index (χ4n) is 1.94. The molecule has 0 radical (unpaired) electrons. The van der Waals surface area contributed by atoms with Crippen LogP contribution < -0.4 is 0 Å². The summed E-state index contributed by atoms with van der Waals surface area (Å²) in [5.74, 6) is 0.735. The monoisotopic (exact) mass is 138 g/mol. The molecule has 0 aliphatic heterocycles. The van der Waals surface area contributed by atoms with Gasteiger partial charge in [0.15, 0.2) is 0 Å². The third-order valence-corrected chi connectivity index (χ3v) is 2.54. The van der Waals surface area contributed by atoms with E-state index in [1.54, 1.807) is 0 Å². The number of hydrogen-bond acceptors (Lipinski definition) is 2. The number of aliphatic hydroxyl groups is 1. The van der Waals surface area contributed by atoms with Crippen molar-refractivity contribution in [3.8, 4) is 0 Å². The minimum Gasteiger partial charge on any atom is -0.396 e. The molecule has 2 aliphatic rings. The van der Waals surface area contributed by atoms with Crippen molar-refractivity contribution in [2.24, 2.45) is 17.8 Å². The zero-order chi connectivity index (χ0) is 7.14. The van der Waals surface area contributed by atoms with Crippen LogP contribution in [0.25, 0.3) is 0 Å². The third-order valence-electron chi connectivity index (χ3n) is 2.54. The zero-order valence-electron chi connectivity index (χ0n) is 5.66. The molecule has 0 aromatic carbocycles. The molecule has 10 heavy (non-hydrogen) atoms. The first kappa shape index (κ1) is 6.10. The Morgan fingerprint density at radius 2 is 2.40 bits per heavy atom. The van der Waals surface area contributed by atoms with Crippen LogP contribution in [0, 0.1) is 17.8 Å². The highest BCUT2D eigenvalue weighted by Gasteiger charge is 2.42. The molecule has 0 saturated heterocycles. The van der Waals surface area contributed by atoms with Gasteiger partial charge in [0.1, 0.15) is 5.78 Å². The fraction of sp³-hybridized carbons (Fsp3) is 0.625. The first-order chi connectivity index (χ1) is 4.83. The van der Waals surface area contributed by atoms with E-state index < -0.39 is 0 Å². The van der Waals surface area contributed by atoms with Crippen LogP contribution in [0.1, 0.15) is 6.42 Å². The van der Waals surface area contributed by atoms with E-state index in [0.717, 1.165) is 6.42 Å². The average Bonchev–Trinajstić information content (AvgIpc) is 2.46. The van der Waals surface area contributed by atoms with Crippen LogP contribution in [0.2, 0.25) is 0 Å². The Morgan fingerprint density at radius 3 is 2.70 bits per heavy atom. The number of ketones is 1. The highest BCUT2D eigenvalue weighted by Crippen LogP contribution is 2.39. The number of fused-ring (bicyclic) bond motifs is 2. The van der Waals surface area contributed by atoms with E-state index in [2.05, 4.69) is 0 Å². The zero-order valence-corrected chi connectivity index (χ0v) is 5.66. The first-order valence-electron chi connectivity index (χ1n) is 3.66. The quantitative estimate of drug-likeness (QED) is 0.531. The largest absolute Gasteiger partial charge is 0.396 e. The Bertz CT molecular complexity index is 195. The molecule has 0 aromatic rings. The number of carbonyl (C=O) groups is 1. The molecule has 2 nitrogen and oxygen atoms in total. The maximum Gasteiger partial charge on any atom is 0.146 e. The Kier molecular flexibility index (Phi) is 1.17. The minimum atomic E-state index is 0.0509. The summed E-state index contributed by atoms with van der Waals surface area (Å²) in [6.45, 7) is 0.164. The van der Waals surface area contributed by atoms with Gasteiger partial charge in [0, 0.05) is 18.4 Å². The maximum absolute atomic E-state index is 11.2. The van der Waals surface area contributed by atoms with Crippen LogP contribution >= 0.6 is 0 Å². The molecule has 0 aromatic heterocycles. The van der Waals surface area contributed by atoms with E-state index in [1.165, 1.54) is 0 Å². The van der Waals surface area contributed by atoms with Gasteiger partial charge in [0.2, 0.25) is 0 Å². The Labute approximate surface area is 59.5 Å². The maximum atomic E-state index is 11.2. The second-order valence-electron chi connectivity index (χ2n) is 3.10. The van der Waals surface area contributed by atoms with Crippen molar-refractivity contribution < 1.29 is 9.90 Å². The molecule has 0 spiro atoms. The minimum absolute atomic E-state index is 0.0509.